The van der Waals surface area contributed by atoms with Crippen LogP contribution in [0.25, 0.3) is 10.9 Å². The predicted molar refractivity (Wildman–Crippen MR) is 91.3 cm³/mol. The zero-order valence-corrected chi connectivity index (χ0v) is 14.1. The Morgan fingerprint density at radius 2 is 2.00 bits per heavy atom. The quantitative estimate of drug-likeness (QED) is 0.861. The van der Waals surface area contributed by atoms with Gasteiger partial charge in [-0.1, -0.05) is 17.7 Å². The Bertz CT molecular complexity index is 878. The normalized spacial score (nSPS) is 20.9. The molecule has 1 saturated carbocycles. The van der Waals surface area contributed by atoms with Crippen molar-refractivity contribution in [1.29, 1.82) is 0 Å². The van der Waals surface area contributed by atoms with Crippen molar-refractivity contribution in [3.05, 3.63) is 44.1 Å². The molecule has 0 atom stereocenters. The number of carbonyl (C=O) groups is 1. The van der Waals surface area contributed by atoms with Crippen molar-refractivity contribution in [1.82, 2.24) is 9.55 Å². The summed E-state index contributed by atoms with van der Waals surface area (Å²) in [7, 11) is 1.40. The molecule has 0 aliphatic heterocycles. The molecule has 0 radical (unpaired) electrons. The van der Waals surface area contributed by atoms with Crippen molar-refractivity contribution in [2.75, 3.05) is 7.11 Å². The number of nitrogens with one attached hydrogen (secondary N) is 1. The Hall–Kier alpha value is -2.08. The van der Waals surface area contributed by atoms with Crippen molar-refractivity contribution in [2.45, 2.75) is 32.2 Å². The molecule has 3 rings (SSSR count). The van der Waals surface area contributed by atoms with Gasteiger partial charge < -0.3 is 9.72 Å². The van der Waals surface area contributed by atoms with Crippen LogP contribution in [0, 0.1) is 11.8 Å². The van der Waals surface area contributed by atoms with Gasteiger partial charge in [-0.25, -0.2) is 4.79 Å². The smallest absolute Gasteiger partial charge is 0.328 e. The number of esters is 1. The average molecular weight is 351 g/mol. The van der Waals surface area contributed by atoms with E-state index >= 15 is 0 Å². The van der Waals surface area contributed by atoms with Crippen LogP contribution in [0.3, 0.4) is 0 Å². The molecule has 6 nitrogen and oxygen atoms in total. The van der Waals surface area contributed by atoms with Crippen LogP contribution in [-0.4, -0.2) is 22.6 Å². The Morgan fingerprint density at radius 3 is 2.67 bits per heavy atom. The molecule has 0 spiro atoms. The highest BCUT2D eigenvalue weighted by Gasteiger charge is 2.27. The summed E-state index contributed by atoms with van der Waals surface area (Å²) in [5.74, 6) is -0.0714. The minimum atomic E-state index is -0.426. The molecule has 2 aromatic rings. The summed E-state index contributed by atoms with van der Waals surface area (Å²) < 4.78 is 6.00. The molecular weight excluding hydrogens is 332 g/mol. The summed E-state index contributed by atoms with van der Waals surface area (Å²) in [4.78, 5) is 39.2. The molecule has 0 saturated heterocycles. The maximum absolute atomic E-state index is 12.6. The van der Waals surface area contributed by atoms with Crippen molar-refractivity contribution in [2.24, 2.45) is 11.8 Å². The number of aromatic amines is 1. The molecule has 0 bridgehead atoms. The Morgan fingerprint density at radius 1 is 1.29 bits per heavy atom. The van der Waals surface area contributed by atoms with Gasteiger partial charge in [0.2, 0.25) is 0 Å². The van der Waals surface area contributed by atoms with Gasteiger partial charge >= 0.3 is 11.7 Å². The number of H-pyrrole nitrogens is 1. The van der Waals surface area contributed by atoms with Crippen LogP contribution >= 0.6 is 11.6 Å². The van der Waals surface area contributed by atoms with E-state index in [4.69, 9.17) is 16.3 Å². The second-order valence-corrected chi connectivity index (χ2v) is 6.66. The number of methoxy groups -OCH3 is 1. The van der Waals surface area contributed by atoms with Crippen LogP contribution < -0.4 is 11.2 Å². The van der Waals surface area contributed by atoms with Gasteiger partial charge in [0.15, 0.2) is 0 Å². The van der Waals surface area contributed by atoms with Crippen LogP contribution in [0.2, 0.25) is 5.02 Å². The number of benzene rings is 1. The maximum Gasteiger partial charge on any atom is 0.328 e. The van der Waals surface area contributed by atoms with Gasteiger partial charge in [0.25, 0.3) is 5.56 Å². The Labute approximate surface area is 143 Å². The van der Waals surface area contributed by atoms with Crippen LogP contribution in [0.1, 0.15) is 25.7 Å². The average Bonchev–Trinajstić information content (AvgIpc) is 2.58. The Balaban J connectivity index is 1.84. The first-order chi connectivity index (χ1) is 11.5. The minimum absolute atomic E-state index is 0.0766. The number of hydrogen-bond acceptors (Lipinski definition) is 4. The second-order valence-electron chi connectivity index (χ2n) is 6.25. The monoisotopic (exact) mass is 350 g/mol. The summed E-state index contributed by atoms with van der Waals surface area (Å²) in [5, 5.41) is 0.666. The lowest BCUT2D eigenvalue weighted by atomic mass is 9.82. The van der Waals surface area contributed by atoms with Crippen molar-refractivity contribution in [3.63, 3.8) is 0 Å². The number of carbonyl (C=O) groups excluding carboxylic acids is 1. The van der Waals surface area contributed by atoms with Crippen molar-refractivity contribution < 1.29 is 9.53 Å². The molecule has 1 aliphatic rings. The van der Waals surface area contributed by atoms with Gasteiger partial charge in [0.05, 0.1) is 29.0 Å². The fraction of sp³-hybridized carbons (Fsp3) is 0.471. The first kappa shape index (κ1) is 16.8. The fourth-order valence-corrected chi connectivity index (χ4v) is 3.68. The summed E-state index contributed by atoms with van der Waals surface area (Å²) in [6, 6.07) is 4.99. The number of aromatic nitrogens is 2. The maximum atomic E-state index is 12.6. The number of nitrogens with zero attached hydrogens (tertiary/aromatic N) is 1. The van der Waals surface area contributed by atoms with E-state index in [-0.39, 0.29) is 23.4 Å². The highest BCUT2D eigenvalue weighted by molar-refractivity contribution is 6.35. The third-order valence-electron chi connectivity index (χ3n) is 4.78. The zero-order chi connectivity index (χ0) is 17.3. The molecule has 0 unspecified atom stereocenters. The standard InChI is InChI=1S/C17H19ClN2O4/c1-24-16(22)11-7-5-10(6-8-11)9-20-15(21)14-12(18)3-2-4-13(14)19-17(20)23/h2-4,10-11H,5-9H2,1H3,(H,19,23)/t10-,11-. The molecular formula is C17H19ClN2O4. The van der Waals surface area contributed by atoms with Crippen molar-refractivity contribution in [3.8, 4) is 0 Å². The molecule has 7 heteroatoms. The lowest BCUT2D eigenvalue weighted by Gasteiger charge is -2.27. The lowest BCUT2D eigenvalue weighted by Crippen LogP contribution is -2.38. The number of hydrogen-bond donors (Lipinski definition) is 1. The van der Waals surface area contributed by atoms with E-state index in [1.165, 1.54) is 11.7 Å². The lowest BCUT2D eigenvalue weighted by molar-refractivity contribution is -0.146. The first-order valence-corrected chi connectivity index (χ1v) is 8.38. The molecule has 1 fully saturated rings. The van der Waals surface area contributed by atoms with Gasteiger partial charge in [-0.3, -0.25) is 14.2 Å². The number of halogens is 1. The molecule has 1 aromatic heterocycles. The zero-order valence-electron chi connectivity index (χ0n) is 13.4. The van der Waals surface area contributed by atoms with E-state index < -0.39 is 5.69 Å². The molecule has 1 heterocycles. The van der Waals surface area contributed by atoms with E-state index in [1.54, 1.807) is 18.2 Å². The van der Waals surface area contributed by atoms with Gasteiger partial charge in [-0.05, 0) is 43.7 Å². The summed E-state index contributed by atoms with van der Waals surface area (Å²) in [6.07, 6.45) is 3.01. The Kier molecular flexibility index (Phi) is 4.76. The van der Waals surface area contributed by atoms with E-state index in [1.807, 2.05) is 0 Å². The molecule has 1 N–H and O–H groups in total. The van der Waals surface area contributed by atoms with Crippen LogP contribution in [0.4, 0.5) is 0 Å². The van der Waals surface area contributed by atoms with Gasteiger partial charge in [-0.2, -0.15) is 0 Å². The molecule has 128 valence electrons. The largest absolute Gasteiger partial charge is 0.469 e. The molecule has 1 aromatic carbocycles. The number of rotatable bonds is 3. The number of fused-ring (bicyclic) bond motifs is 1. The molecule has 24 heavy (non-hydrogen) atoms. The highest BCUT2D eigenvalue weighted by atomic mass is 35.5. The summed E-state index contributed by atoms with van der Waals surface area (Å²) >= 11 is 6.11. The minimum Gasteiger partial charge on any atom is -0.469 e. The van der Waals surface area contributed by atoms with Gasteiger partial charge in [0, 0.05) is 6.54 Å². The van der Waals surface area contributed by atoms with E-state index in [0.29, 0.717) is 22.5 Å². The van der Waals surface area contributed by atoms with Gasteiger partial charge in [-0.15, -0.1) is 0 Å². The summed E-state index contributed by atoms with van der Waals surface area (Å²) in [5.41, 5.74) is -0.345. The molecule has 0 amide bonds. The van der Waals surface area contributed by atoms with Crippen LogP contribution in [0.15, 0.2) is 27.8 Å². The number of ether oxygens (including phenoxy) is 1. The van der Waals surface area contributed by atoms with E-state index in [0.717, 1.165) is 25.7 Å². The fourth-order valence-electron chi connectivity index (χ4n) is 3.43. The highest BCUT2D eigenvalue weighted by Crippen LogP contribution is 2.30. The van der Waals surface area contributed by atoms with Gasteiger partial charge in [0.1, 0.15) is 0 Å². The first-order valence-electron chi connectivity index (χ1n) is 8.00. The predicted octanol–water partition coefficient (Wildman–Crippen LogP) is 2.32. The van der Waals surface area contributed by atoms with E-state index in [9.17, 15) is 14.4 Å². The molecule has 1 aliphatic carbocycles. The SMILES string of the molecule is COC(=O)[C@H]1CC[C@H](Cn2c(=O)[nH]c3cccc(Cl)c3c2=O)CC1. The third kappa shape index (κ3) is 3.11. The second kappa shape index (κ2) is 6.81. The van der Waals surface area contributed by atoms with Crippen molar-refractivity contribution >= 4 is 28.5 Å². The summed E-state index contributed by atoms with van der Waals surface area (Å²) in [6.45, 7) is 0.337. The van der Waals surface area contributed by atoms with Crippen LogP contribution in [0.5, 0.6) is 0 Å². The topological polar surface area (TPSA) is 81.2 Å². The third-order valence-corrected chi connectivity index (χ3v) is 5.10. The van der Waals surface area contributed by atoms with Crippen LogP contribution in [-0.2, 0) is 16.1 Å². The van der Waals surface area contributed by atoms with E-state index in [2.05, 4.69) is 4.98 Å².